The van der Waals surface area contributed by atoms with Crippen LogP contribution in [-0.4, -0.2) is 18.2 Å². The summed E-state index contributed by atoms with van der Waals surface area (Å²) in [6.45, 7) is 1.72. The van der Waals surface area contributed by atoms with Gasteiger partial charge >= 0.3 is 10.1 Å². The van der Waals surface area contributed by atoms with E-state index in [4.69, 9.17) is 27.4 Å². The number of hydrogen-bond donors (Lipinski definition) is 0. The van der Waals surface area contributed by atoms with Crippen molar-refractivity contribution in [2.75, 3.05) is 0 Å². The minimum atomic E-state index is -3.98. The van der Waals surface area contributed by atoms with Crippen molar-refractivity contribution < 1.29 is 12.6 Å². The Hall–Kier alpha value is -2.02. The molecule has 3 rings (SSSR count). The van der Waals surface area contributed by atoms with Gasteiger partial charge in [0.05, 0.1) is 16.4 Å². The Balaban J connectivity index is 2.04. The van der Waals surface area contributed by atoms with Crippen molar-refractivity contribution in [1.29, 1.82) is 0 Å². The van der Waals surface area contributed by atoms with Crippen LogP contribution in [0.5, 0.6) is 5.88 Å². The molecule has 0 saturated heterocycles. The molecule has 0 unspecified atom stereocenters. The number of aryl methyl sites for hydroxylation is 1. The minimum absolute atomic E-state index is 0.0422. The molecule has 0 N–H and O–H groups in total. The highest BCUT2D eigenvalue weighted by atomic mass is 35.5. The maximum atomic E-state index is 12.4. The molecule has 0 aliphatic heterocycles. The number of aromatic nitrogens is 2. The summed E-state index contributed by atoms with van der Waals surface area (Å²) in [6.07, 6.45) is 0. The second-order valence-electron chi connectivity index (χ2n) is 4.98. The lowest BCUT2D eigenvalue weighted by Gasteiger charge is -2.10. The fourth-order valence-electron chi connectivity index (χ4n) is 2.11. The third-order valence-corrected chi connectivity index (χ3v) is 4.94. The molecule has 1 aromatic heterocycles. The van der Waals surface area contributed by atoms with Crippen LogP contribution in [-0.2, 0) is 10.1 Å². The van der Waals surface area contributed by atoms with Crippen molar-refractivity contribution in [3.05, 3.63) is 70.3 Å². The van der Waals surface area contributed by atoms with Crippen molar-refractivity contribution in [3.63, 3.8) is 0 Å². The Morgan fingerprint density at radius 1 is 1.04 bits per heavy atom. The van der Waals surface area contributed by atoms with Crippen LogP contribution in [0.15, 0.2) is 59.5 Å². The molecule has 0 spiro atoms. The molecule has 24 heavy (non-hydrogen) atoms. The zero-order chi connectivity index (χ0) is 17.3. The molecule has 0 fully saturated rings. The van der Waals surface area contributed by atoms with Crippen molar-refractivity contribution >= 4 is 33.3 Å². The third kappa shape index (κ3) is 3.40. The smallest absolute Gasteiger partial charge is 0.340 e. The molecule has 1 heterocycles. The predicted molar refractivity (Wildman–Crippen MR) is 92.6 cm³/mol. The average molecular weight is 383 g/mol. The van der Waals surface area contributed by atoms with E-state index >= 15 is 0 Å². The van der Waals surface area contributed by atoms with Gasteiger partial charge in [-0.15, -0.1) is 0 Å². The molecule has 5 nitrogen and oxygen atoms in total. The van der Waals surface area contributed by atoms with E-state index in [0.717, 1.165) is 0 Å². The quantitative estimate of drug-likeness (QED) is 0.632. The summed E-state index contributed by atoms with van der Waals surface area (Å²) < 4.78 is 31.4. The molecule has 3 aromatic rings. The van der Waals surface area contributed by atoms with Crippen molar-refractivity contribution in [2.24, 2.45) is 0 Å². The maximum absolute atomic E-state index is 12.4. The van der Waals surface area contributed by atoms with Crippen LogP contribution in [0.4, 0.5) is 0 Å². The Labute approximate surface area is 149 Å². The van der Waals surface area contributed by atoms with Gasteiger partial charge in [0.2, 0.25) is 5.88 Å². The van der Waals surface area contributed by atoms with E-state index in [9.17, 15) is 8.42 Å². The lowest BCUT2D eigenvalue weighted by molar-refractivity contribution is 0.465. The molecule has 0 bridgehead atoms. The van der Waals surface area contributed by atoms with Crippen molar-refractivity contribution in [2.45, 2.75) is 11.8 Å². The van der Waals surface area contributed by atoms with Crippen LogP contribution in [0.3, 0.4) is 0 Å². The largest absolute Gasteiger partial charge is 0.358 e. The minimum Gasteiger partial charge on any atom is -0.358 e. The summed E-state index contributed by atoms with van der Waals surface area (Å²) in [5, 5.41) is 5.04. The van der Waals surface area contributed by atoms with Crippen LogP contribution >= 0.6 is 23.2 Å². The molecule has 0 radical (unpaired) electrons. The van der Waals surface area contributed by atoms with Gasteiger partial charge in [-0.05, 0) is 37.3 Å². The van der Waals surface area contributed by atoms with Gasteiger partial charge in [-0.1, -0.05) is 41.4 Å². The van der Waals surface area contributed by atoms with Gasteiger partial charge in [0.25, 0.3) is 0 Å². The Morgan fingerprint density at radius 3 is 2.42 bits per heavy atom. The zero-order valence-electron chi connectivity index (χ0n) is 12.5. The van der Waals surface area contributed by atoms with Gasteiger partial charge in [0, 0.05) is 11.1 Å². The highest BCUT2D eigenvalue weighted by Crippen LogP contribution is 2.29. The molecule has 0 atom stereocenters. The first-order chi connectivity index (χ1) is 11.4. The summed E-state index contributed by atoms with van der Waals surface area (Å²) >= 11 is 12.1. The van der Waals surface area contributed by atoms with Crippen LogP contribution < -0.4 is 4.18 Å². The molecule has 8 heteroatoms. The lowest BCUT2D eigenvalue weighted by Crippen LogP contribution is -2.12. The van der Waals surface area contributed by atoms with E-state index in [2.05, 4.69) is 5.10 Å². The fourth-order valence-corrected chi connectivity index (χ4v) is 3.53. The summed E-state index contributed by atoms with van der Waals surface area (Å²) in [5.41, 5.74) is 1.05. The van der Waals surface area contributed by atoms with Gasteiger partial charge in [-0.2, -0.15) is 18.2 Å². The van der Waals surface area contributed by atoms with Crippen LogP contribution in [0.1, 0.15) is 5.69 Å². The first kappa shape index (κ1) is 16.8. The van der Waals surface area contributed by atoms with E-state index in [1.807, 2.05) is 0 Å². The van der Waals surface area contributed by atoms with E-state index in [0.29, 0.717) is 21.4 Å². The number of halogens is 2. The third-order valence-electron chi connectivity index (χ3n) is 3.16. The number of nitrogens with zero attached hydrogens (tertiary/aromatic N) is 2. The first-order valence-corrected chi connectivity index (χ1v) is 9.05. The number of hydrogen-bond acceptors (Lipinski definition) is 4. The number of benzene rings is 2. The van der Waals surface area contributed by atoms with Crippen molar-refractivity contribution in [3.8, 4) is 11.6 Å². The molecule has 0 aliphatic rings. The molecular formula is C16H12Cl2N2O3S. The van der Waals surface area contributed by atoms with Crippen molar-refractivity contribution in [1.82, 2.24) is 9.78 Å². The lowest BCUT2D eigenvalue weighted by atomic mass is 10.3. The SMILES string of the molecule is Cc1cc(OS(=O)(=O)c2ccccc2)n(-c2ccc(Cl)cc2Cl)n1. The van der Waals surface area contributed by atoms with Gasteiger partial charge in [0.15, 0.2) is 0 Å². The molecular weight excluding hydrogens is 371 g/mol. The van der Waals surface area contributed by atoms with Gasteiger partial charge < -0.3 is 4.18 Å². The summed E-state index contributed by atoms with van der Waals surface area (Å²) in [4.78, 5) is 0.0533. The molecule has 0 aliphatic carbocycles. The van der Waals surface area contributed by atoms with Crippen LogP contribution in [0.25, 0.3) is 5.69 Å². The Kier molecular flexibility index (Phi) is 4.54. The highest BCUT2D eigenvalue weighted by Gasteiger charge is 2.21. The van der Waals surface area contributed by atoms with Gasteiger partial charge in [0.1, 0.15) is 4.90 Å². The summed E-state index contributed by atoms with van der Waals surface area (Å²) in [7, 11) is -3.98. The fraction of sp³-hybridized carbons (Fsp3) is 0.0625. The summed E-state index contributed by atoms with van der Waals surface area (Å²) in [5.74, 6) is 0.0422. The zero-order valence-corrected chi connectivity index (χ0v) is 14.8. The molecule has 0 amide bonds. The van der Waals surface area contributed by atoms with Crippen LogP contribution in [0, 0.1) is 6.92 Å². The maximum Gasteiger partial charge on any atom is 0.340 e. The Morgan fingerprint density at radius 2 is 1.75 bits per heavy atom. The predicted octanol–water partition coefficient (Wildman–Crippen LogP) is 4.26. The normalized spacial score (nSPS) is 11.5. The average Bonchev–Trinajstić information content (AvgIpc) is 2.88. The van der Waals surface area contributed by atoms with E-state index < -0.39 is 10.1 Å². The summed E-state index contributed by atoms with van der Waals surface area (Å²) in [6, 6.07) is 14.2. The highest BCUT2D eigenvalue weighted by molar-refractivity contribution is 7.87. The topological polar surface area (TPSA) is 61.2 Å². The molecule has 124 valence electrons. The second-order valence-corrected chi connectivity index (χ2v) is 7.37. The van der Waals surface area contributed by atoms with E-state index in [1.54, 1.807) is 43.3 Å². The second kappa shape index (κ2) is 6.47. The monoisotopic (exact) mass is 382 g/mol. The molecule has 2 aromatic carbocycles. The first-order valence-electron chi connectivity index (χ1n) is 6.88. The van der Waals surface area contributed by atoms with Crippen LogP contribution in [0.2, 0.25) is 10.0 Å². The van der Waals surface area contributed by atoms with E-state index in [1.165, 1.54) is 22.9 Å². The Bertz CT molecular complexity index is 986. The standard InChI is InChI=1S/C16H12Cl2N2O3S/c1-11-9-16(23-24(21,22)13-5-3-2-4-6-13)20(19-11)15-8-7-12(17)10-14(15)18/h2-10H,1H3. The van der Waals surface area contributed by atoms with Gasteiger partial charge in [-0.25, -0.2) is 0 Å². The van der Waals surface area contributed by atoms with E-state index in [-0.39, 0.29) is 10.8 Å². The molecule has 0 saturated carbocycles. The van der Waals surface area contributed by atoms with Gasteiger partial charge in [-0.3, -0.25) is 0 Å². The number of rotatable bonds is 4.